The number of aryl methyl sites for hydroxylation is 1. The third kappa shape index (κ3) is 7.88. The van der Waals surface area contributed by atoms with Crippen molar-refractivity contribution in [3.8, 4) is 11.1 Å². The van der Waals surface area contributed by atoms with Crippen molar-refractivity contribution < 1.29 is 38.4 Å². The smallest absolute Gasteiger partial charge is 0.196 e. The summed E-state index contributed by atoms with van der Waals surface area (Å²) in [6.45, 7) is 9.95. The molecule has 0 unspecified atom stereocenters. The first-order valence-electron chi connectivity index (χ1n) is 24.0. The van der Waals surface area contributed by atoms with E-state index in [0.29, 0.717) is 100 Å². The SMILES string of the molecule is CC.CC.Cc1ccc(-c2ccc(N)c3c2C(=O)c2ccccc2C3=O)c2c1C(=O)c1ccccc1C2=O.O=C1c2ccccc2C(=O)c2c(NCNc3cccc4c3C(=O)c3ccccc3C4=O)cccc21. The molecule has 0 aromatic heterocycles. The Kier molecular flexibility index (Phi) is 13.1. The van der Waals surface area contributed by atoms with Crippen LogP contribution in [-0.4, -0.2) is 52.9 Å². The van der Waals surface area contributed by atoms with Crippen molar-refractivity contribution in [2.45, 2.75) is 34.6 Å². The van der Waals surface area contributed by atoms with Gasteiger partial charge in [-0.05, 0) is 41.8 Å². The van der Waals surface area contributed by atoms with Gasteiger partial charge in [-0.3, -0.25) is 38.4 Å². The van der Waals surface area contributed by atoms with Gasteiger partial charge in [-0.25, -0.2) is 0 Å². The third-order valence-electron chi connectivity index (χ3n) is 13.1. The van der Waals surface area contributed by atoms with Gasteiger partial charge in [-0.2, -0.15) is 0 Å². The number of hydrogen-bond donors (Lipinski definition) is 3. The minimum atomic E-state index is -0.336. The first-order chi connectivity index (χ1) is 35.5. The monoisotopic (exact) mass is 961 g/mol. The lowest BCUT2D eigenvalue weighted by Gasteiger charge is -2.25. The summed E-state index contributed by atoms with van der Waals surface area (Å²) in [4.78, 5) is 106. The van der Waals surface area contributed by atoms with E-state index in [2.05, 4.69) is 10.6 Å². The third-order valence-corrected chi connectivity index (χ3v) is 13.1. The largest absolute Gasteiger partial charge is 0.398 e. The summed E-state index contributed by atoms with van der Waals surface area (Å²) < 4.78 is 0. The van der Waals surface area contributed by atoms with Crippen LogP contribution in [0.4, 0.5) is 17.1 Å². The van der Waals surface area contributed by atoms with Crippen LogP contribution in [0.15, 0.2) is 158 Å². The van der Waals surface area contributed by atoms with Crippen LogP contribution in [0, 0.1) is 6.92 Å². The van der Waals surface area contributed by atoms with Crippen LogP contribution in [0.3, 0.4) is 0 Å². The molecule has 12 rings (SSSR count). The molecule has 8 aromatic rings. The van der Waals surface area contributed by atoms with Crippen LogP contribution in [0.5, 0.6) is 0 Å². The number of rotatable bonds is 5. The van der Waals surface area contributed by atoms with E-state index in [-0.39, 0.29) is 75.3 Å². The van der Waals surface area contributed by atoms with E-state index in [0.717, 1.165) is 0 Å². The van der Waals surface area contributed by atoms with Crippen molar-refractivity contribution in [2.24, 2.45) is 0 Å². The fraction of sp³-hybridized carbons (Fsp3) is 0.0968. The average Bonchev–Trinajstić information content (AvgIpc) is 3.43. The summed E-state index contributed by atoms with van der Waals surface area (Å²) in [5.41, 5.74) is 14.0. The Bertz CT molecular complexity index is 3490. The minimum absolute atomic E-state index is 0.130. The van der Waals surface area contributed by atoms with Crippen LogP contribution < -0.4 is 16.4 Å². The topological polar surface area (TPSA) is 187 Å². The lowest BCUT2D eigenvalue weighted by Crippen LogP contribution is -2.25. The quantitative estimate of drug-likeness (QED) is 0.110. The Balaban J connectivity index is 0.000000169. The van der Waals surface area contributed by atoms with Gasteiger partial charge in [0, 0.05) is 89.4 Å². The highest BCUT2D eigenvalue weighted by atomic mass is 16.2. The summed E-state index contributed by atoms with van der Waals surface area (Å²) in [6, 6.07) is 43.9. The van der Waals surface area contributed by atoms with Crippen LogP contribution in [0.25, 0.3) is 11.1 Å². The molecular formula is C62H47N3O8. The molecule has 0 bridgehead atoms. The molecule has 0 radical (unpaired) electrons. The van der Waals surface area contributed by atoms with E-state index < -0.39 is 0 Å². The summed E-state index contributed by atoms with van der Waals surface area (Å²) >= 11 is 0. The summed E-state index contributed by atoms with van der Waals surface area (Å²) in [6.07, 6.45) is 0. The van der Waals surface area contributed by atoms with E-state index in [1.165, 1.54) is 0 Å². The van der Waals surface area contributed by atoms with Crippen molar-refractivity contribution >= 4 is 63.3 Å². The van der Waals surface area contributed by atoms with Crippen molar-refractivity contribution in [1.82, 2.24) is 0 Å². The number of carbonyl (C=O) groups is 8. The van der Waals surface area contributed by atoms with E-state index >= 15 is 0 Å². The first-order valence-corrected chi connectivity index (χ1v) is 24.0. The van der Waals surface area contributed by atoms with Gasteiger partial charge in [-0.1, -0.05) is 167 Å². The second-order valence-corrected chi connectivity index (χ2v) is 16.9. The van der Waals surface area contributed by atoms with E-state index in [1.54, 1.807) is 165 Å². The maximum absolute atomic E-state index is 13.7. The molecule has 4 N–H and O–H groups in total. The van der Waals surface area contributed by atoms with Crippen molar-refractivity contribution in [3.63, 3.8) is 0 Å². The molecule has 0 aliphatic heterocycles. The minimum Gasteiger partial charge on any atom is -0.398 e. The summed E-state index contributed by atoms with van der Waals surface area (Å²) in [5, 5.41) is 6.35. The zero-order valence-corrected chi connectivity index (χ0v) is 40.6. The number of ketones is 8. The molecule has 11 nitrogen and oxygen atoms in total. The Morgan fingerprint density at radius 2 is 0.575 bits per heavy atom. The van der Waals surface area contributed by atoms with Crippen LogP contribution >= 0.6 is 0 Å². The highest BCUT2D eigenvalue weighted by Gasteiger charge is 2.38. The predicted molar refractivity (Wildman–Crippen MR) is 282 cm³/mol. The zero-order chi connectivity index (χ0) is 51.8. The fourth-order valence-corrected chi connectivity index (χ4v) is 9.90. The normalized spacial score (nSPS) is 13.1. The van der Waals surface area contributed by atoms with Crippen molar-refractivity contribution in [2.75, 3.05) is 23.0 Å². The van der Waals surface area contributed by atoms with Crippen LogP contribution in [0.1, 0.15) is 161 Å². The van der Waals surface area contributed by atoms with Gasteiger partial charge in [0.15, 0.2) is 46.3 Å². The number of nitrogen functional groups attached to an aromatic ring is 1. The Morgan fingerprint density at radius 1 is 0.288 bits per heavy atom. The second-order valence-electron chi connectivity index (χ2n) is 16.9. The molecule has 11 heteroatoms. The standard InChI is InChI=1S/C29H18N2O4.C29H17NO4.2C2H6/c32-26-16-7-1-3-9-18(16)28(34)24-20(26)11-5-13-22(24)30-15-31-23-14-6-12-21-25(23)29(35)19-10-4-2-8-17(19)27(21)33;1-14-10-11-15(23-22(14)26(31)17-6-2-3-7-18(17)27(23)32)16-12-13-21(30)25-24(16)28(33)19-8-4-5-9-20(19)29(25)34;2*1-2/h1-14,30-31H,15H2;2-13H,30H2,1H3;2*1-2H3. The molecule has 0 atom stereocenters. The fourth-order valence-electron chi connectivity index (χ4n) is 9.90. The van der Waals surface area contributed by atoms with Gasteiger partial charge >= 0.3 is 0 Å². The van der Waals surface area contributed by atoms with Crippen LogP contribution in [-0.2, 0) is 0 Å². The number of carbonyl (C=O) groups excluding carboxylic acids is 8. The summed E-state index contributed by atoms with van der Waals surface area (Å²) in [7, 11) is 0. The van der Waals surface area contributed by atoms with E-state index in [4.69, 9.17) is 5.73 Å². The maximum atomic E-state index is 13.7. The number of anilines is 3. The van der Waals surface area contributed by atoms with Crippen LogP contribution in [0.2, 0.25) is 0 Å². The molecule has 8 aromatic carbocycles. The molecule has 73 heavy (non-hydrogen) atoms. The molecule has 4 aliphatic rings. The predicted octanol–water partition coefficient (Wildman–Crippen LogP) is 11.6. The van der Waals surface area contributed by atoms with E-state index in [1.807, 2.05) is 27.7 Å². The van der Waals surface area contributed by atoms with Gasteiger partial charge in [-0.15, -0.1) is 0 Å². The average molecular weight is 962 g/mol. The molecule has 358 valence electrons. The molecule has 0 amide bonds. The van der Waals surface area contributed by atoms with Gasteiger partial charge in [0.1, 0.15) is 0 Å². The Labute approximate surface area is 421 Å². The Morgan fingerprint density at radius 3 is 0.959 bits per heavy atom. The van der Waals surface area contributed by atoms with Crippen molar-refractivity contribution in [1.29, 1.82) is 0 Å². The van der Waals surface area contributed by atoms with Gasteiger partial charge in [0.05, 0.1) is 23.4 Å². The molecule has 0 saturated carbocycles. The number of nitrogens with one attached hydrogen (secondary N) is 2. The Hall–Kier alpha value is -9.48. The molecule has 0 heterocycles. The molecular weight excluding hydrogens is 915 g/mol. The highest BCUT2D eigenvalue weighted by Crippen LogP contribution is 2.42. The van der Waals surface area contributed by atoms with E-state index in [9.17, 15) is 38.4 Å². The molecule has 0 spiro atoms. The number of nitrogens with two attached hydrogens (primary N) is 1. The number of benzene rings is 8. The lowest BCUT2D eigenvalue weighted by molar-refractivity contribution is 0.0978. The summed E-state index contributed by atoms with van der Waals surface area (Å²) in [5.74, 6) is -2.00. The van der Waals surface area contributed by atoms with Gasteiger partial charge < -0.3 is 16.4 Å². The van der Waals surface area contributed by atoms with Crippen molar-refractivity contribution in [3.05, 3.63) is 252 Å². The van der Waals surface area contributed by atoms with Gasteiger partial charge in [0.2, 0.25) is 0 Å². The highest BCUT2D eigenvalue weighted by molar-refractivity contribution is 6.35. The molecule has 4 aliphatic carbocycles. The first kappa shape index (κ1) is 48.5. The molecule has 0 saturated heterocycles. The number of hydrogen-bond acceptors (Lipinski definition) is 11. The zero-order valence-electron chi connectivity index (χ0n) is 40.6. The number of fused-ring (bicyclic) bond motifs is 8. The second kappa shape index (κ2) is 19.7. The maximum Gasteiger partial charge on any atom is 0.196 e. The lowest BCUT2D eigenvalue weighted by atomic mass is 9.75. The molecule has 0 fully saturated rings. The van der Waals surface area contributed by atoms with Gasteiger partial charge in [0.25, 0.3) is 0 Å².